The average molecular weight is 705 g/mol. The number of benzene rings is 6. The summed E-state index contributed by atoms with van der Waals surface area (Å²) in [6.07, 6.45) is 7.64. The third-order valence-corrected chi connectivity index (χ3v) is 10.8. The summed E-state index contributed by atoms with van der Waals surface area (Å²) in [6, 6.07) is 60.0. The molecule has 0 unspecified atom stereocenters. The summed E-state index contributed by atoms with van der Waals surface area (Å²) in [7, 11) is 0. The van der Waals surface area contributed by atoms with Gasteiger partial charge >= 0.3 is 0 Å². The number of furan rings is 1. The van der Waals surface area contributed by atoms with Crippen LogP contribution in [0.4, 0.5) is 0 Å². The number of fused-ring (bicyclic) bond motifs is 6. The van der Waals surface area contributed by atoms with Crippen LogP contribution in [0.3, 0.4) is 0 Å². The van der Waals surface area contributed by atoms with Crippen molar-refractivity contribution in [1.82, 2.24) is 19.1 Å². The molecule has 11 aromatic rings. The van der Waals surface area contributed by atoms with Gasteiger partial charge in [-0.1, -0.05) is 84.9 Å². The first kappa shape index (κ1) is 31.1. The van der Waals surface area contributed by atoms with Gasteiger partial charge in [0.25, 0.3) is 0 Å². The van der Waals surface area contributed by atoms with Crippen LogP contribution in [-0.2, 0) is 0 Å². The molecule has 0 aliphatic carbocycles. The van der Waals surface area contributed by atoms with Crippen LogP contribution in [0.2, 0.25) is 0 Å². The molecule has 11 rings (SSSR count). The van der Waals surface area contributed by atoms with E-state index in [9.17, 15) is 0 Å². The van der Waals surface area contributed by atoms with Crippen LogP contribution in [-0.4, -0.2) is 19.1 Å². The third kappa shape index (κ3) is 5.17. The fraction of sp³-hybridized carbons (Fsp3) is 0. The first-order valence-corrected chi connectivity index (χ1v) is 18.5. The van der Waals surface area contributed by atoms with Gasteiger partial charge in [0, 0.05) is 56.4 Å². The Balaban J connectivity index is 0.956. The molecule has 0 radical (unpaired) electrons. The largest absolute Gasteiger partial charge is 0.456 e. The lowest BCUT2D eigenvalue weighted by atomic mass is 10.1. The number of pyridine rings is 2. The van der Waals surface area contributed by atoms with Crippen LogP contribution in [0.25, 0.3) is 99.9 Å². The maximum Gasteiger partial charge on any atom is 0.134 e. The molecule has 0 spiro atoms. The number of hydrogen-bond acceptors (Lipinski definition) is 3. The Morgan fingerprint density at radius 1 is 0.327 bits per heavy atom. The summed E-state index contributed by atoms with van der Waals surface area (Å²) in [5.74, 6) is 1.65. The van der Waals surface area contributed by atoms with E-state index in [0.717, 1.165) is 77.6 Å². The molecule has 6 aromatic carbocycles. The van der Waals surface area contributed by atoms with E-state index in [-0.39, 0.29) is 0 Å². The molecule has 0 aliphatic heterocycles. The highest BCUT2D eigenvalue weighted by molar-refractivity contribution is 6.11. The second kappa shape index (κ2) is 12.6. The lowest BCUT2D eigenvalue weighted by Crippen LogP contribution is -1.94. The molecule has 0 saturated heterocycles. The van der Waals surface area contributed by atoms with E-state index in [1.807, 2.05) is 36.9 Å². The van der Waals surface area contributed by atoms with Crippen molar-refractivity contribution in [1.29, 1.82) is 0 Å². The molecular weight excluding hydrogens is 673 g/mol. The topological polar surface area (TPSA) is 48.8 Å². The van der Waals surface area contributed by atoms with Crippen LogP contribution in [0.1, 0.15) is 0 Å². The molecule has 5 heteroatoms. The molecule has 0 fully saturated rings. The minimum atomic E-state index is 0.823. The predicted octanol–water partition coefficient (Wildman–Crippen LogP) is 12.9. The molecule has 55 heavy (non-hydrogen) atoms. The zero-order valence-electron chi connectivity index (χ0n) is 29.7. The second-order valence-corrected chi connectivity index (χ2v) is 13.9. The van der Waals surface area contributed by atoms with E-state index in [4.69, 9.17) is 4.42 Å². The van der Waals surface area contributed by atoms with Gasteiger partial charge in [0.2, 0.25) is 0 Å². The quantitative estimate of drug-likeness (QED) is 0.173. The van der Waals surface area contributed by atoms with Gasteiger partial charge < -0.3 is 13.6 Å². The van der Waals surface area contributed by atoms with Gasteiger partial charge in [0.15, 0.2) is 0 Å². The maximum absolute atomic E-state index is 6.63. The lowest BCUT2D eigenvalue weighted by molar-refractivity contribution is 0.597. The van der Waals surface area contributed by atoms with E-state index in [1.54, 1.807) is 0 Å². The van der Waals surface area contributed by atoms with Crippen molar-refractivity contribution in [2.45, 2.75) is 0 Å². The van der Waals surface area contributed by atoms with E-state index in [2.05, 4.69) is 177 Å². The van der Waals surface area contributed by atoms with Gasteiger partial charge in [-0.3, -0.25) is 9.97 Å². The predicted molar refractivity (Wildman–Crippen MR) is 225 cm³/mol. The minimum absolute atomic E-state index is 0.823. The summed E-state index contributed by atoms with van der Waals surface area (Å²) in [5.41, 5.74) is 13.4. The molecule has 5 nitrogen and oxygen atoms in total. The molecule has 0 aliphatic rings. The summed E-state index contributed by atoms with van der Waals surface area (Å²) in [5, 5.41) is 4.60. The van der Waals surface area contributed by atoms with Gasteiger partial charge in [-0.2, -0.15) is 0 Å². The van der Waals surface area contributed by atoms with E-state index in [0.29, 0.717) is 0 Å². The van der Waals surface area contributed by atoms with E-state index >= 15 is 0 Å². The number of aromatic nitrogens is 4. The van der Waals surface area contributed by atoms with Crippen molar-refractivity contribution in [2.24, 2.45) is 0 Å². The zero-order chi connectivity index (χ0) is 36.3. The average Bonchev–Trinajstić information content (AvgIpc) is 3.97. The van der Waals surface area contributed by atoms with E-state index in [1.165, 1.54) is 22.3 Å². The first-order valence-electron chi connectivity index (χ1n) is 18.5. The second-order valence-electron chi connectivity index (χ2n) is 13.9. The highest BCUT2D eigenvalue weighted by Crippen LogP contribution is 2.39. The molecular formula is C50H32N4O. The zero-order valence-corrected chi connectivity index (χ0v) is 29.7. The van der Waals surface area contributed by atoms with Gasteiger partial charge in [-0.25, -0.2) is 0 Å². The summed E-state index contributed by atoms with van der Waals surface area (Å²) in [6.45, 7) is 0. The fourth-order valence-corrected chi connectivity index (χ4v) is 8.12. The minimum Gasteiger partial charge on any atom is -0.456 e. The molecule has 0 atom stereocenters. The summed E-state index contributed by atoms with van der Waals surface area (Å²) in [4.78, 5) is 9.01. The SMILES string of the molecule is c1ccc(-c2ccc(-n3c4ccc(-c5ccc(-c6ccc7c(c6)c6ccncc6n7-c6ccc(-c7ccccc7)cc6)o5)cc4c4ccncc43)cc2)cc1. The molecule has 0 N–H and O–H groups in total. The van der Waals surface area contributed by atoms with Crippen LogP contribution in [0.5, 0.6) is 0 Å². The van der Waals surface area contributed by atoms with Crippen LogP contribution >= 0.6 is 0 Å². The third-order valence-electron chi connectivity index (χ3n) is 10.8. The normalized spacial score (nSPS) is 11.6. The monoisotopic (exact) mass is 704 g/mol. The van der Waals surface area contributed by atoms with Crippen molar-refractivity contribution in [2.75, 3.05) is 0 Å². The molecule has 258 valence electrons. The van der Waals surface area contributed by atoms with Gasteiger partial charge in [0.1, 0.15) is 11.5 Å². The number of rotatable bonds is 6. The van der Waals surface area contributed by atoms with Gasteiger partial charge in [0.05, 0.1) is 34.5 Å². The molecule has 5 aromatic heterocycles. The lowest BCUT2D eigenvalue weighted by Gasteiger charge is -2.09. The number of hydrogen-bond donors (Lipinski definition) is 0. The Morgan fingerprint density at radius 2 is 0.727 bits per heavy atom. The van der Waals surface area contributed by atoms with Gasteiger partial charge in [-0.05, 0) is 107 Å². The van der Waals surface area contributed by atoms with Crippen molar-refractivity contribution in [3.63, 3.8) is 0 Å². The van der Waals surface area contributed by atoms with E-state index < -0.39 is 0 Å². The fourth-order valence-electron chi connectivity index (χ4n) is 8.12. The van der Waals surface area contributed by atoms with Crippen molar-refractivity contribution < 1.29 is 4.42 Å². The maximum atomic E-state index is 6.63. The Bertz CT molecular complexity index is 2960. The highest BCUT2D eigenvalue weighted by atomic mass is 16.3. The number of nitrogens with zero attached hydrogens (tertiary/aromatic N) is 4. The van der Waals surface area contributed by atoms with Crippen LogP contribution in [0.15, 0.2) is 199 Å². The van der Waals surface area contributed by atoms with Gasteiger partial charge in [-0.15, -0.1) is 0 Å². The smallest absolute Gasteiger partial charge is 0.134 e. The molecule has 0 bridgehead atoms. The van der Waals surface area contributed by atoms with Crippen molar-refractivity contribution in [3.05, 3.63) is 195 Å². The van der Waals surface area contributed by atoms with Crippen LogP contribution in [0, 0.1) is 0 Å². The Morgan fingerprint density at radius 3 is 1.16 bits per heavy atom. The summed E-state index contributed by atoms with van der Waals surface area (Å²) < 4.78 is 11.2. The first-order chi connectivity index (χ1) is 27.3. The van der Waals surface area contributed by atoms with Crippen molar-refractivity contribution >= 4 is 43.6 Å². The standard InChI is InChI=1S/C50H32N4O/c1-3-7-33(8-4-1)35-11-17-39(18-12-35)53-45-21-15-37(29-43(45)41-25-27-51-31-47(41)53)49-23-24-50(55-49)38-16-22-46-44(30-38)42-26-28-52-32-48(42)54(46)40-19-13-36(14-20-40)34-9-5-2-6-10-34/h1-32H. The van der Waals surface area contributed by atoms with Crippen LogP contribution < -0.4 is 0 Å². The molecule has 5 heterocycles. The Kier molecular flexibility index (Phi) is 7.10. The molecule has 0 amide bonds. The Hall–Kier alpha value is -7.50. The Labute approximate surface area is 317 Å². The summed E-state index contributed by atoms with van der Waals surface area (Å²) >= 11 is 0. The molecule has 0 saturated carbocycles. The van der Waals surface area contributed by atoms with Crippen molar-refractivity contribution in [3.8, 4) is 56.3 Å². The highest BCUT2D eigenvalue weighted by Gasteiger charge is 2.17.